The third kappa shape index (κ3) is 7.44. The second-order valence-electron chi connectivity index (χ2n) is 14.4. The molecule has 7 rings (SSSR count). The summed E-state index contributed by atoms with van der Waals surface area (Å²) in [5.41, 5.74) is 4.39. The standard InChI is InChI=1S/C40H42N4O7S/c1-26-5-9-33(10-6-26)52(47,48)44-25-34(29-11-16-41-31(21-29)23-35(45)28-14-19-49-20-15-28)37-36(12-17-42-38(37)44)50-32-8-7-27-13-18-43(24-30(27)22-32)39(46)51-40(2,3)4/h5-12,16-17,21-22,25,28H,13-15,18-20,23-24H2,1-4H3. The lowest BCUT2D eigenvalue weighted by Crippen LogP contribution is -2.39. The van der Waals surface area contributed by atoms with Crippen LogP contribution >= 0.6 is 0 Å². The van der Waals surface area contributed by atoms with Crippen molar-refractivity contribution in [3.05, 3.63) is 102 Å². The zero-order valence-electron chi connectivity index (χ0n) is 29.8. The third-order valence-corrected chi connectivity index (χ3v) is 11.1. The van der Waals surface area contributed by atoms with Crippen LogP contribution in [0, 0.1) is 12.8 Å². The molecule has 0 aliphatic carbocycles. The summed E-state index contributed by atoms with van der Waals surface area (Å²) in [6, 6.07) is 17.8. The van der Waals surface area contributed by atoms with Gasteiger partial charge in [-0.25, -0.2) is 22.2 Å². The number of Topliss-reactive ketones (excluding diaryl/α,β-unsaturated/α-hetero) is 1. The van der Waals surface area contributed by atoms with Crippen LogP contribution in [0.25, 0.3) is 22.2 Å². The molecular weight excluding hydrogens is 681 g/mol. The highest BCUT2D eigenvalue weighted by molar-refractivity contribution is 7.90. The first kappa shape index (κ1) is 35.3. The molecule has 2 aromatic carbocycles. The molecule has 1 fully saturated rings. The molecule has 52 heavy (non-hydrogen) atoms. The smallest absolute Gasteiger partial charge is 0.410 e. The van der Waals surface area contributed by atoms with Crippen LogP contribution in [-0.2, 0) is 43.7 Å². The summed E-state index contributed by atoms with van der Waals surface area (Å²) >= 11 is 0. The van der Waals surface area contributed by atoms with E-state index in [0.29, 0.717) is 79.3 Å². The number of aryl methyl sites for hydroxylation is 1. The van der Waals surface area contributed by atoms with Crippen LogP contribution in [0.3, 0.4) is 0 Å². The fourth-order valence-corrected chi connectivity index (χ4v) is 8.02. The minimum Gasteiger partial charge on any atom is -0.457 e. The Hall–Kier alpha value is -5.07. The number of carbonyl (C=O) groups excluding carboxylic acids is 2. The Kier molecular flexibility index (Phi) is 9.62. The van der Waals surface area contributed by atoms with Gasteiger partial charge in [0.1, 0.15) is 22.9 Å². The van der Waals surface area contributed by atoms with Crippen LogP contribution in [-0.4, -0.2) is 64.5 Å². The van der Waals surface area contributed by atoms with Gasteiger partial charge in [-0.1, -0.05) is 23.8 Å². The van der Waals surface area contributed by atoms with Gasteiger partial charge in [0, 0.05) is 68.5 Å². The minimum absolute atomic E-state index is 0.0715. The zero-order valence-corrected chi connectivity index (χ0v) is 30.6. The maximum atomic E-state index is 14.2. The molecule has 5 heterocycles. The lowest BCUT2D eigenvalue weighted by Gasteiger charge is -2.31. The summed E-state index contributed by atoms with van der Waals surface area (Å²) in [5.74, 6) is 0.961. The van der Waals surface area contributed by atoms with E-state index in [4.69, 9.17) is 14.2 Å². The van der Waals surface area contributed by atoms with Crippen LogP contribution in [0.15, 0.2) is 84.1 Å². The van der Waals surface area contributed by atoms with Crippen molar-refractivity contribution in [2.45, 2.75) is 70.4 Å². The predicted octanol–water partition coefficient (Wildman–Crippen LogP) is 7.27. The molecule has 0 saturated carbocycles. The van der Waals surface area contributed by atoms with Crippen LogP contribution in [0.1, 0.15) is 56.0 Å². The van der Waals surface area contributed by atoms with E-state index >= 15 is 0 Å². The van der Waals surface area contributed by atoms with E-state index in [1.807, 2.05) is 52.0 Å². The quantitative estimate of drug-likeness (QED) is 0.162. The summed E-state index contributed by atoms with van der Waals surface area (Å²) in [7, 11) is -4.07. The van der Waals surface area contributed by atoms with Gasteiger partial charge in [0.05, 0.1) is 10.3 Å². The zero-order chi connectivity index (χ0) is 36.6. The van der Waals surface area contributed by atoms with E-state index < -0.39 is 15.6 Å². The number of carbonyl (C=O) groups is 2. The molecule has 5 aromatic rings. The summed E-state index contributed by atoms with van der Waals surface area (Å²) in [6.45, 7) is 9.49. The van der Waals surface area contributed by atoms with E-state index in [2.05, 4.69) is 9.97 Å². The Balaban J connectivity index is 1.28. The highest BCUT2D eigenvalue weighted by Gasteiger charge is 2.28. The number of aromatic nitrogens is 3. The molecule has 0 radical (unpaired) electrons. The predicted molar refractivity (Wildman–Crippen MR) is 196 cm³/mol. The van der Waals surface area contributed by atoms with Gasteiger partial charge in [-0.3, -0.25) is 9.78 Å². The van der Waals surface area contributed by atoms with Crippen LogP contribution in [0.5, 0.6) is 11.5 Å². The van der Waals surface area contributed by atoms with Gasteiger partial charge < -0.3 is 19.1 Å². The van der Waals surface area contributed by atoms with Crippen LogP contribution in [0.4, 0.5) is 4.79 Å². The normalized spacial score (nSPS) is 15.3. The number of benzene rings is 2. The number of amides is 1. The largest absolute Gasteiger partial charge is 0.457 e. The van der Waals surface area contributed by atoms with Crippen molar-refractivity contribution in [1.29, 1.82) is 0 Å². The molecule has 3 aromatic heterocycles. The lowest BCUT2D eigenvalue weighted by atomic mass is 9.92. The van der Waals surface area contributed by atoms with E-state index in [0.717, 1.165) is 16.7 Å². The first-order valence-electron chi connectivity index (χ1n) is 17.5. The number of nitrogens with zero attached hydrogens (tertiary/aromatic N) is 4. The summed E-state index contributed by atoms with van der Waals surface area (Å²) < 4.78 is 47.1. The highest BCUT2D eigenvalue weighted by atomic mass is 32.2. The number of pyridine rings is 2. The highest BCUT2D eigenvalue weighted by Crippen LogP contribution is 2.40. The molecule has 11 nitrogen and oxygen atoms in total. The summed E-state index contributed by atoms with van der Waals surface area (Å²) in [6.07, 6.45) is 6.58. The fraction of sp³-hybridized carbons (Fsp3) is 0.350. The third-order valence-electron chi connectivity index (χ3n) is 9.42. The number of fused-ring (bicyclic) bond motifs is 2. The molecular formula is C40H42N4O7S. The van der Waals surface area contributed by atoms with E-state index in [-0.39, 0.29) is 34.8 Å². The Labute approximate surface area is 303 Å². The van der Waals surface area contributed by atoms with Gasteiger partial charge >= 0.3 is 6.09 Å². The lowest BCUT2D eigenvalue weighted by molar-refractivity contribution is -0.125. The van der Waals surface area contributed by atoms with E-state index in [9.17, 15) is 18.0 Å². The second-order valence-corrected chi connectivity index (χ2v) is 16.2. The van der Waals surface area contributed by atoms with Gasteiger partial charge in [0.2, 0.25) is 0 Å². The summed E-state index contributed by atoms with van der Waals surface area (Å²) in [4.78, 5) is 36.9. The van der Waals surface area contributed by atoms with Crippen LogP contribution < -0.4 is 4.74 Å². The number of hydrogen-bond acceptors (Lipinski definition) is 9. The maximum absolute atomic E-state index is 14.2. The SMILES string of the molecule is Cc1ccc(S(=O)(=O)n2cc(-c3ccnc(CC(=O)C4CCOCC4)c3)c3c(Oc4ccc5c(c4)CN(C(=O)OC(C)(C)C)CC5)ccnc32)cc1. The average Bonchev–Trinajstić information content (AvgIpc) is 3.53. The Morgan fingerprint density at radius 3 is 2.44 bits per heavy atom. The maximum Gasteiger partial charge on any atom is 0.410 e. The molecule has 2 aliphatic rings. The van der Waals surface area contributed by atoms with Gasteiger partial charge in [-0.05, 0) is 106 Å². The topological polar surface area (TPSA) is 130 Å². The van der Waals surface area contributed by atoms with Crippen LogP contribution in [0.2, 0.25) is 0 Å². The van der Waals surface area contributed by atoms with Crippen molar-refractivity contribution in [2.75, 3.05) is 19.8 Å². The van der Waals surface area contributed by atoms with Gasteiger partial charge in [0.15, 0.2) is 5.65 Å². The fourth-order valence-electron chi connectivity index (χ4n) is 6.70. The molecule has 0 N–H and O–H groups in total. The van der Waals surface area contributed by atoms with Gasteiger partial charge in [-0.2, -0.15) is 0 Å². The second kappa shape index (κ2) is 14.2. The average molecular weight is 723 g/mol. The molecule has 1 saturated heterocycles. The molecule has 270 valence electrons. The van der Waals surface area contributed by atoms with Crippen molar-refractivity contribution in [2.24, 2.45) is 5.92 Å². The number of ether oxygens (including phenoxy) is 3. The molecule has 0 spiro atoms. The first-order valence-corrected chi connectivity index (χ1v) is 19.0. The van der Waals surface area contributed by atoms with Crippen molar-refractivity contribution in [3.63, 3.8) is 0 Å². The van der Waals surface area contributed by atoms with E-state index in [1.165, 1.54) is 10.2 Å². The molecule has 0 unspecified atom stereocenters. The van der Waals surface area contributed by atoms with Gasteiger partial charge in [0.25, 0.3) is 10.0 Å². The Bertz CT molecular complexity index is 2250. The van der Waals surface area contributed by atoms with Gasteiger partial charge in [-0.15, -0.1) is 0 Å². The molecule has 2 aliphatic heterocycles. The molecule has 12 heteroatoms. The number of hydrogen-bond donors (Lipinski definition) is 0. The molecule has 0 bridgehead atoms. The monoisotopic (exact) mass is 722 g/mol. The van der Waals surface area contributed by atoms with Crippen molar-refractivity contribution in [3.8, 4) is 22.6 Å². The Morgan fingerprint density at radius 2 is 1.69 bits per heavy atom. The number of rotatable bonds is 8. The van der Waals surface area contributed by atoms with Crippen molar-refractivity contribution < 1.29 is 32.2 Å². The van der Waals surface area contributed by atoms with E-state index in [1.54, 1.807) is 53.7 Å². The number of ketones is 1. The van der Waals surface area contributed by atoms with Crippen molar-refractivity contribution >= 4 is 32.9 Å². The minimum atomic E-state index is -4.07. The first-order chi connectivity index (χ1) is 24.9. The Morgan fingerprint density at radius 1 is 0.942 bits per heavy atom. The summed E-state index contributed by atoms with van der Waals surface area (Å²) in [5, 5.41) is 0.485. The molecule has 1 amide bonds. The molecule has 0 atom stereocenters. The van der Waals surface area contributed by atoms with Crippen molar-refractivity contribution in [1.82, 2.24) is 18.8 Å².